The zero-order chi connectivity index (χ0) is 18.9. The van der Waals surface area contributed by atoms with Crippen molar-refractivity contribution in [2.45, 2.75) is 69.7 Å². The summed E-state index contributed by atoms with van der Waals surface area (Å²) >= 11 is 0. The van der Waals surface area contributed by atoms with E-state index >= 15 is 0 Å². The molecular formula is C19H28O7. The zero-order valence-electron chi connectivity index (χ0n) is 15.9. The van der Waals surface area contributed by atoms with Crippen LogP contribution in [0.2, 0.25) is 0 Å². The van der Waals surface area contributed by atoms with Gasteiger partial charge in [0.15, 0.2) is 6.29 Å². The van der Waals surface area contributed by atoms with Crippen molar-refractivity contribution in [3.8, 4) is 0 Å². The summed E-state index contributed by atoms with van der Waals surface area (Å²) in [5, 5.41) is 10.8. The van der Waals surface area contributed by atoms with Gasteiger partial charge in [0.25, 0.3) is 0 Å². The van der Waals surface area contributed by atoms with Crippen molar-refractivity contribution in [2.24, 2.45) is 0 Å². The molecule has 2 aliphatic rings. The maximum absolute atomic E-state index is 10.8. The third kappa shape index (κ3) is 3.41. The highest BCUT2D eigenvalue weighted by atomic mass is 16.8. The monoisotopic (exact) mass is 368 g/mol. The molecule has 1 aromatic carbocycles. The van der Waals surface area contributed by atoms with Crippen LogP contribution in [0.5, 0.6) is 0 Å². The summed E-state index contributed by atoms with van der Waals surface area (Å²) in [5.74, 6) is -2.33. The number of ether oxygens (including phenoxy) is 6. The molecular weight excluding hydrogens is 340 g/mol. The lowest BCUT2D eigenvalue weighted by atomic mass is 9.94. The van der Waals surface area contributed by atoms with Crippen LogP contribution in [0, 0.1) is 0 Å². The Labute approximate surface area is 154 Å². The van der Waals surface area contributed by atoms with Gasteiger partial charge in [0.05, 0.1) is 12.7 Å². The second-order valence-corrected chi connectivity index (χ2v) is 6.96. The summed E-state index contributed by atoms with van der Waals surface area (Å²) in [4.78, 5) is 0. The first kappa shape index (κ1) is 19.7. The Hall–Kier alpha value is -1.06. The van der Waals surface area contributed by atoms with Gasteiger partial charge in [-0.2, -0.15) is 0 Å². The smallest absolute Gasteiger partial charge is 0.220 e. The van der Waals surface area contributed by atoms with Gasteiger partial charge in [-0.25, -0.2) is 0 Å². The second kappa shape index (κ2) is 7.52. The van der Waals surface area contributed by atoms with E-state index in [9.17, 15) is 5.11 Å². The Morgan fingerprint density at radius 3 is 2.15 bits per heavy atom. The molecule has 26 heavy (non-hydrogen) atoms. The van der Waals surface area contributed by atoms with Gasteiger partial charge < -0.3 is 33.5 Å². The number of rotatable bonds is 5. The molecule has 3 rings (SSSR count). The predicted octanol–water partition coefficient (Wildman–Crippen LogP) is 1.82. The van der Waals surface area contributed by atoms with Crippen LogP contribution in [-0.2, 0) is 35.0 Å². The Balaban J connectivity index is 1.74. The van der Waals surface area contributed by atoms with Crippen LogP contribution in [0.4, 0.5) is 0 Å². The maximum Gasteiger partial charge on any atom is 0.220 e. The lowest BCUT2D eigenvalue weighted by Gasteiger charge is -2.56. The SMILES string of the molecule is CO[C@]1(C)O[C@@H]2[C@@H](O[C@@]1(C)OC)[C@@H](O)[C@H](OCc1ccccc1)O[C@H]2C. The first-order valence-electron chi connectivity index (χ1n) is 8.78. The first-order chi connectivity index (χ1) is 12.3. The fourth-order valence-electron chi connectivity index (χ4n) is 3.38. The number of benzene rings is 1. The van der Waals surface area contributed by atoms with E-state index in [1.54, 1.807) is 13.8 Å². The topological polar surface area (TPSA) is 75.6 Å². The third-order valence-electron chi connectivity index (χ3n) is 5.33. The van der Waals surface area contributed by atoms with E-state index in [0.29, 0.717) is 6.61 Å². The fourth-order valence-corrected chi connectivity index (χ4v) is 3.38. The molecule has 2 fully saturated rings. The lowest BCUT2D eigenvalue weighted by molar-refractivity contribution is -0.478. The molecule has 7 heteroatoms. The molecule has 0 spiro atoms. The van der Waals surface area contributed by atoms with Crippen LogP contribution in [0.3, 0.4) is 0 Å². The molecule has 1 aromatic rings. The van der Waals surface area contributed by atoms with E-state index in [4.69, 9.17) is 28.4 Å². The molecule has 2 aliphatic heterocycles. The molecule has 7 nitrogen and oxygen atoms in total. The number of aliphatic hydroxyl groups excluding tert-OH is 1. The van der Waals surface area contributed by atoms with Crippen molar-refractivity contribution >= 4 is 0 Å². The molecule has 0 aromatic heterocycles. The molecule has 0 amide bonds. The Kier molecular flexibility index (Phi) is 5.69. The van der Waals surface area contributed by atoms with Crippen molar-refractivity contribution < 1.29 is 33.5 Å². The Morgan fingerprint density at radius 1 is 1.00 bits per heavy atom. The largest absolute Gasteiger partial charge is 0.385 e. The van der Waals surface area contributed by atoms with Crippen molar-refractivity contribution in [3.63, 3.8) is 0 Å². The van der Waals surface area contributed by atoms with E-state index in [-0.39, 0.29) is 6.10 Å². The summed E-state index contributed by atoms with van der Waals surface area (Å²) in [7, 11) is 3.04. The van der Waals surface area contributed by atoms with Gasteiger partial charge in [-0.1, -0.05) is 30.3 Å². The summed E-state index contributed by atoms with van der Waals surface area (Å²) < 4.78 is 34.9. The highest BCUT2D eigenvalue weighted by molar-refractivity contribution is 5.13. The molecule has 0 aliphatic carbocycles. The lowest BCUT2D eigenvalue weighted by Crippen LogP contribution is -2.72. The Morgan fingerprint density at radius 2 is 1.58 bits per heavy atom. The number of hydrogen-bond donors (Lipinski definition) is 1. The second-order valence-electron chi connectivity index (χ2n) is 6.96. The van der Waals surface area contributed by atoms with E-state index in [1.165, 1.54) is 14.2 Å². The summed E-state index contributed by atoms with van der Waals surface area (Å²) in [6.45, 7) is 5.64. The molecule has 2 saturated heterocycles. The molecule has 7 atom stereocenters. The highest BCUT2D eigenvalue weighted by Gasteiger charge is 2.61. The predicted molar refractivity (Wildman–Crippen MR) is 92.1 cm³/mol. The number of methoxy groups -OCH3 is 2. The molecule has 0 saturated carbocycles. The van der Waals surface area contributed by atoms with Crippen LogP contribution in [0.15, 0.2) is 30.3 Å². The van der Waals surface area contributed by atoms with Crippen molar-refractivity contribution in [2.75, 3.05) is 14.2 Å². The minimum atomic E-state index is -1.19. The van der Waals surface area contributed by atoms with E-state index < -0.39 is 36.2 Å². The van der Waals surface area contributed by atoms with Gasteiger partial charge in [0.2, 0.25) is 11.6 Å². The first-order valence-corrected chi connectivity index (χ1v) is 8.78. The van der Waals surface area contributed by atoms with Gasteiger partial charge in [-0.15, -0.1) is 0 Å². The molecule has 2 heterocycles. The highest BCUT2D eigenvalue weighted by Crippen LogP contribution is 2.43. The van der Waals surface area contributed by atoms with Crippen LogP contribution in [0.1, 0.15) is 26.3 Å². The van der Waals surface area contributed by atoms with Crippen LogP contribution >= 0.6 is 0 Å². The van der Waals surface area contributed by atoms with Crippen LogP contribution < -0.4 is 0 Å². The van der Waals surface area contributed by atoms with E-state index in [1.807, 2.05) is 37.3 Å². The molecule has 0 bridgehead atoms. The summed E-state index contributed by atoms with van der Waals surface area (Å²) in [6.07, 6.45) is -3.42. The van der Waals surface area contributed by atoms with Gasteiger partial charge in [0.1, 0.15) is 18.3 Å². The normalized spacial score (nSPS) is 43.1. The van der Waals surface area contributed by atoms with Gasteiger partial charge in [0, 0.05) is 14.2 Å². The molecule has 0 unspecified atom stereocenters. The van der Waals surface area contributed by atoms with Gasteiger partial charge in [-0.3, -0.25) is 0 Å². The number of aliphatic hydroxyl groups is 1. The number of hydrogen-bond acceptors (Lipinski definition) is 7. The number of fused-ring (bicyclic) bond motifs is 1. The molecule has 1 N–H and O–H groups in total. The average Bonchev–Trinajstić information content (AvgIpc) is 2.66. The van der Waals surface area contributed by atoms with Crippen molar-refractivity contribution in [1.82, 2.24) is 0 Å². The molecule has 0 radical (unpaired) electrons. The van der Waals surface area contributed by atoms with Crippen molar-refractivity contribution in [1.29, 1.82) is 0 Å². The van der Waals surface area contributed by atoms with E-state index in [2.05, 4.69) is 0 Å². The molecule has 146 valence electrons. The average molecular weight is 368 g/mol. The Bertz CT molecular complexity index is 597. The maximum atomic E-state index is 10.8. The quantitative estimate of drug-likeness (QED) is 0.850. The third-order valence-corrected chi connectivity index (χ3v) is 5.33. The van der Waals surface area contributed by atoms with Crippen LogP contribution in [-0.4, -0.2) is 61.6 Å². The van der Waals surface area contributed by atoms with Crippen molar-refractivity contribution in [3.05, 3.63) is 35.9 Å². The summed E-state index contributed by atoms with van der Waals surface area (Å²) in [5.41, 5.74) is 0.993. The summed E-state index contributed by atoms with van der Waals surface area (Å²) in [6, 6.07) is 9.71. The van der Waals surface area contributed by atoms with E-state index in [0.717, 1.165) is 5.56 Å². The van der Waals surface area contributed by atoms with Crippen LogP contribution in [0.25, 0.3) is 0 Å². The minimum Gasteiger partial charge on any atom is -0.385 e. The standard InChI is InChI=1S/C19H28O7/c1-12-15-16(26-19(3,22-5)18(2,21-4)25-15)14(20)17(24-12)23-11-13-9-7-6-8-10-13/h6-10,12,14-17,20H,11H2,1-5H3/t12-,14+,15-,16-,17+,18+,19+/m0/s1. The van der Waals surface area contributed by atoms with Gasteiger partial charge in [-0.05, 0) is 26.3 Å². The zero-order valence-corrected chi connectivity index (χ0v) is 15.9. The fraction of sp³-hybridized carbons (Fsp3) is 0.684. The minimum absolute atomic E-state index is 0.324. The van der Waals surface area contributed by atoms with Gasteiger partial charge >= 0.3 is 0 Å².